The number of furan rings is 1. The summed E-state index contributed by atoms with van der Waals surface area (Å²) in [6.07, 6.45) is 0. The van der Waals surface area contributed by atoms with Crippen LogP contribution in [0.5, 0.6) is 5.75 Å². The van der Waals surface area contributed by atoms with Crippen molar-refractivity contribution in [2.75, 3.05) is 12.4 Å². The second-order valence-electron chi connectivity index (χ2n) is 5.93. The summed E-state index contributed by atoms with van der Waals surface area (Å²) in [4.78, 5) is 24.5. The number of amides is 1. The Morgan fingerprint density at radius 1 is 1.15 bits per heavy atom. The molecule has 1 heterocycles. The van der Waals surface area contributed by atoms with Gasteiger partial charge < -0.3 is 14.5 Å². The number of benzene rings is 2. The normalized spacial score (nSPS) is 12.0. The average Bonchev–Trinajstić information content (AvgIpc) is 2.97. The molecule has 0 spiro atoms. The van der Waals surface area contributed by atoms with Crippen molar-refractivity contribution in [2.45, 2.75) is 19.2 Å². The number of carbonyl (C=O) groups is 2. The maximum absolute atomic E-state index is 12.8. The first-order valence-electron chi connectivity index (χ1n) is 8.07. The van der Waals surface area contributed by atoms with E-state index in [2.05, 4.69) is 5.32 Å². The summed E-state index contributed by atoms with van der Waals surface area (Å²) < 4.78 is 10.9. The van der Waals surface area contributed by atoms with Gasteiger partial charge in [0.2, 0.25) is 11.7 Å². The molecule has 1 N–H and O–H groups in total. The third-order valence-electron chi connectivity index (χ3n) is 4.12. The number of fused-ring (bicyclic) bond motifs is 1. The van der Waals surface area contributed by atoms with Crippen LogP contribution < -0.4 is 10.1 Å². The Hall–Kier alpha value is -2.79. The fraction of sp³-hybridized carbons (Fsp3) is 0.200. The van der Waals surface area contributed by atoms with E-state index in [1.807, 2.05) is 6.92 Å². The molecule has 0 fully saturated rings. The number of halogens is 1. The van der Waals surface area contributed by atoms with Gasteiger partial charge in [-0.15, -0.1) is 11.6 Å². The largest absolute Gasteiger partial charge is 0.497 e. The molecule has 6 heteroatoms. The van der Waals surface area contributed by atoms with Crippen molar-refractivity contribution in [3.63, 3.8) is 0 Å². The lowest BCUT2D eigenvalue weighted by Gasteiger charge is -2.06. The lowest BCUT2D eigenvalue weighted by molar-refractivity contribution is -0.115. The van der Waals surface area contributed by atoms with Crippen LogP contribution in [0.2, 0.25) is 0 Å². The standard InChI is InChI=1S/C20H18ClNO4/c1-11-16-10-14(22-20(24)12(2)21)6-9-17(16)26-19(11)18(23)13-4-7-15(25-3)8-5-13/h4-10,12H,1-3H3,(H,22,24). The molecule has 134 valence electrons. The number of hydrogen-bond acceptors (Lipinski definition) is 4. The van der Waals surface area contributed by atoms with E-state index >= 15 is 0 Å². The first-order valence-corrected chi connectivity index (χ1v) is 8.51. The van der Waals surface area contributed by atoms with E-state index in [1.165, 1.54) is 0 Å². The van der Waals surface area contributed by atoms with Crippen LogP contribution in [0.1, 0.15) is 28.6 Å². The van der Waals surface area contributed by atoms with Gasteiger partial charge in [0.25, 0.3) is 0 Å². The highest BCUT2D eigenvalue weighted by atomic mass is 35.5. The second-order valence-corrected chi connectivity index (χ2v) is 6.58. The molecule has 0 aliphatic rings. The highest BCUT2D eigenvalue weighted by Crippen LogP contribution is 2.30. The molecule has 0 saturated carbocycles. The minimum atomic E-state index is -0.636. The molecule has 1 amide bonds. The lowest BCUT2D eigenvalue weighted by Crippen LogP contribution is -2.20. The summed E-state index contributed by atoms with van der Waals surface area (Å²) in [5.41, 5.74) is 2.41. The predicted molar refractivity (Wildman–Crippen MR) is 101 cm³/mol. The molecule has 1 atom stereocenters. The summed E-state index contributed by atoms with van der Waals surface area (Å²) in [6.45, 7) is 3.42. The van der Waals surface area contributed by atoms with Crippen LogP contribution in [0.4, 0.5) is 5.69 Å². The number of ketones is 1. The predicted octanol–water partition coefficient (Wildman–Crippen LogP) is 4.55. The van der Waals surface area contributed by atoms with Crippen molar-refractivity contribution in [1.82, 2.24) is 0 Å². The topological polar surface area (TPSA) is 68.5 Å². The van der Waals surface area contributed by atoms with E-state index in [0.717, 1.165) is 10.9 Å². The van der Waals surface area contributed by atoms with Gasteiger partial charge in [-0.05, 0) is 56.3 Å². The number of nitrogens with one attached hydrogen (secondary N) is 1. The summed E-state index contributed by atoms with van der Waals surface area (Å²) >= 11 is 5.78. The number of hydrogen-bond donors (Lipinski definition) is 1. The Kier molecular flexibility index (Phi) is 5.00. The molecule has 0 aliphatic carbocycles. The Morgan fingerprint density at radius 2 is 1.85 bits per heavy atom. The van der Waals surface area contributed by atoms with Crippen LogP contribution in [0.15, 0.2) is 46.9 Å². The molecular weight excluding hydrogens is 354 g/mol. The van der Waals surface area contributed by atoms with E-state index in [9.17, 15) is 9.59 Å². The molecule has 0 bridgehead atoms. The molecule has 0 radical (unpaired) electrons. The van der Waals surface area contributed by atoms with Gasteiger partial charge in [0.1, 0.15) is 16.7 Å². The molecule has 0 saturated heterocycles. The Bertz CT molecular complexity index is 973. The van der Waals surface area contributed by atoms with Gasteiger partial charge in [-0.25, -0.2) is 0 Å². The number of methoxy groups -OCH3 is 1. The van der Waals surface area contributed by atoms with Gasteiger partial charge in [0.05, 0.1) is 7.11 Å². The zero-order chi connectivity index (χ0) is 18.8. The number of alkyl halides is 1. The van der Waals surface area contributed by atoms with Gasteiger partial charge in [-0.3, -0.25) is 9.59 Å². The van der Waals surface area contributed by atoms with Gasteiger partial charge in [-0.1, -0.05) is 0 Å². The molecule has 3 rings (SSSR count). The minimum absolute atomic E-state index is 0.207. The van der Waals surface area contributed by atoms with Gasteiger partial charge in [0.15, 0.2) is 5.76 Å². The zero-order valence-electron chi connectivity index (χ0n) is 14.6. The number of carbonyl (C=O) groups excluding carboxylic acids is 2. The number of ether oxygens (including phenoxy) is 1. The van der Waals surface area contributed by atoms with Gasteiger partial charge in [0, 0.05) is 22.2 Å². The van der Waals surface area contributed by atoms with Crippen molar-refractivity contribution in [3.05, 3.63) is 59.4 Å². The Balaban J connectivity index is 1.95. The van der Waals surface area contributed by atoms with Gasteiger partial charge >= 0.3 is 0 Å². The smallest absolute Gasteiger partial charge is 0.242 e. The van der Waals surface area contributed by atoms with E-state index in [-0.39, 0.29) is 17.5 Å². The SMILES string of the molecule is COc1ccc(C(=O)c2oc3ccc(NC(=O)C(C)Cl)cc3c2C)cc1. The molecule has 26 heavy (non-hydrogen) atoms. The zero-order valence-corrected chi connectivity index (χ0v) is 15.4. The van der Waals surface area contributed by atoms with Crippen LogP contribution >= 0.6 is 11.6 Å². The molecule has 0 aliphatic heterocycles. The first-order chi connectivity index (χ1) is 12.4. The van der Waals surface area contributed by atoms with Crippen LogP contribution in [-0.4, -0.2) is 24.2 Å². The van der Waals surface area contributed by atoms with E-state index in [0.29, 0.717) is 22.6 Å². The molecular formula is C20H18ClNO4. The van der Waals surface area contributed by atoms with Gasteiger partial charge in [-0.2, -0.15) is 0 Å². The third-order valence-corrected chi connectivity index (χ3v) is 4.32. The summed E-state index contributed by atoms with van der Waals surface area (Å²) in [5, 5.41) is 2.86. The monoisotopic (exact) mass is 371 g/mol. The molecule has 5 nitrogen and oxygen atoms in total. The lowest BCUT2D eigenvalue weighted by atomic mass is 10.0. The fourth-order valence-electron chi connectivity index (χ4n) is 2.63. The molecule has 1 unspecified atom stereocenters. The highest BCUT2D eigenvalue weighted by Gasteiger charge is 2.20. The van der Waals surface area contributed by atoms with Crippen molar-refractivity contribution in [2.24, 2.45) is 0 Å². The molecule has 3 aromatic rings. The summed E-state index contributed by atoms with van der Waals surface area (Å²) in [5.74, 6) is 0.458. The maximum Gasteiger partial charge on any atom is 0.242 e. The van der Waals surface area contributed by atoms with Crippen LogP contribution in [0.25, 0.3) is 11.0 Å². The maximum atomic E-state index is 12.8. The number of aryl methyl sites for hydroxylation is 1. The highest BCUT2D eigenvalue weighted by molar-refractivity contribution is 6.32. The minimum Gasteiger partial charge on any atom is -0.497 e. The molecule has 1 aromatic heterocycles. The van der Waals surface area contributed by atoms with E-state index in [4.69, 9.17) is 20.8 Å². The van der Waals surface area contributed by atoms with Crippen molar-refractivity contribution >= 4 is 39.9 Å². The van der Waals surface area contributed by atoms with E-state index in [1.54, 1.807) is 56.5 Å². The van der Waals surface area contributed by atoms with Crippen LogP contribution in [-0.2, 0) is 4.79 Å². The van der Waals surface area contributed by atoms with Crippen LogP contribution in [0, 0.1) is 6.92 Å². The first kappa shape index (κ1) is 18.0. The fourth-order valence-corrected chi connectivity index (χ4v) is 2.69. The van der Waals surface area contributed by atoms with Crippen molar-refractivity contribution in [1.29, 1.82) is 0 Å². The van der Waals surface area contributed by atoms with Crippen LogP contribution in [0.3, 0.4) is 0 Å². The Labute approximate surface area is 155 Å². The quantitative estimate of drug-likeness (QED) is 0.527. The van der Waals surface area contributed by atoms with Crippen molar-refractivity contribution < 1.29 is 18.7 Å². The van der Waals surface area contributed by atoms with E-state index < -0.39 is 5.38 Å². The number of anilines is 1. The van der Waals surface area contributed by atoms with Crippen molar-refractivity contribution in [3.8, 4) is 5.75 Å². The average molecular weight is 372 g/mol. The number of rotatable bonds is 5. The Morgan fingerprint density at radius 3 is 2.46 bits per heavy atom. The third kappa shape index (κ3) is 3.44. The summed E-state index contributed by atoms with van der Waals surface area (Å²) in [7, 11) is 1.57. The second kappa shape index (κ2) is 7.22. The molecule has 2 aromatic carbocycles. The summed E-state index contributed by atoms with van der Waals surface area (Å²) in [6, 6.07) is 12.1.